The maximum atomic E-state index is 13.6. The number of rotatable bonds is 7. The van der Waals surface area contributed by atoms with Gasteiger partial charge < -0.3 is 26.6 Å². The first-order valence-electron chi connectivity index (χ1n) is 12.8. The van der Waals surface area contributed by atoms with Crippen molar-refractivity contribution in [1.82, 2.24) is 15.5 Å². The minimum Gasteiger partial charge on any atom is -0.384 e. The second-order valence-electron chi connectivity index (χ2n) is 10.1. The Hall–Kier alpha value is -3.43. The van der Waals surface area contributed by atoms with Gasteiger partial charge in [-0.05, 0) is 74.6 Å². The quantitative estimate of drug-likeness (QED) is 0.293. The fourth-order valence-electron chi connectivity index (χ4n) is 5.77. The molecule has 2 amide bonds. The maximum absolute atomic E-state index is 13.6. The average Bonchev–Trinajstić information content (AvgIpc) is 3.53. The van der Waals surface area contributed by atoms with E-state index >= 15 is 0 Å². The van der Waals surface area contributed by atoms with Crippen LogP contribution in [0.2, 0.25) is 0 Å². The van der Waals surface area contributed by atoms with Gasteiger partial charge in [-0.2, -0.15) is 0 Å². The van der Waals surface area contributed by atoms with Gasteiger partial charge in [0.05, 0.1) is 6.17 Å². The highest BCUT2D eigenvalue weighted by atomic mass is 16.2. The van der Waals surface area contributed by atoms with Gasteiger partial charge in [-0.3, -0.25) is 20.3 Å². The summed E-state index contributed by atoms with van der Waals surface area (Å²) in [6.45, 7) is 3.70. The number of hydrogen-bond donors (Lipinski definition) is 5. The molecular formula is C27H35N7O2. The lowest BCUT2D eigenvalue weighted by Gasteiger charge is -2.37. The molecule has 2 aromatic rings. The third kappa shape index (κ3) is 5.08. The van der Waals surface area contributed by atoms with Crippen LogP contribution in [0.15, 0.2) is 42.5 Å². The van der Waals surface area contributed by atoms with E-state index in [1.807, 2.05) is 30.3 Å². The van der Waals surface area contributed by atoms with E-state index in [-0.39, 0.29) is 24.0 Å². The Morgan fingerprint density at radius 2 is 1.78 bits per heavy atom. The standard InChI is InChI=1S/C27H35N7O2/c28-25(29)20-8-7-19-13-23(27(36)32-24-15-21(9-10-31-24)33-11-1-2-12-33)34(22(19)14-20)16-17-3-5-18(6-4-17)26(30)35/h3-8,14,21,23-24,31H,1-2,9-13,15-16H2,(H3,28,29)(H2,30,35)(H,32,36). The monoisotopic (exact) mass is 489 g/mol. The summed E-state index contributed by atoms with van der Waals surface area (Å²) in [4.78, 5) is 29.8. The molecule has 3 unspecified atom stereocenters. The lowest BCUT2D eigenvalue weighted by atomic mass is 10.0. The zero-order chi connectivity index (χ0) is 25.2. The average molecular weight is 490 g/mol. The largest absolute Gasteiger partial charge is 0.384 e. The number of carbonyl (C=O) groups excluding carboxylic acids is 2. The van der Waals surface area contributed by atoms with Crippen molar-refractivity contribution in [2.75, 3.05) is 24.5 Å². The zero-order valence-corrected chi connectivity index (χ0v) is 20.5. The Morgan fingerprint density at radius 3 is 2.47 bits per heavy atom. The zero-order valence-electron chi connectivity index (χ0n) is 20.5. The van der Waals surface area contributed by atoms with E-state index in [1.165, 1.54) is 12.8 Å². The predicted octanol–water partition coefficient (Wildman–Crippen LogP) is 1.29. The first kappa shape index (κ1) is 24.3. The maximum Gasteiger partial charge on any atom is 0.248 e. The van der Waals surface area contributed by atoms with Crippen molar-refractivity contribution in [2.24, 2.45) is 11.5 Å². The molecule has 7 N–H and O–H groups in total. The number of nitrogen functional groups attached to an aromatic ring is 1. The van der Waals surface area contributed by atoms with Crippen LogP contribution in [0.1, 0.15) is 52.7 Å². The molecule has 0 aromatic heterocycles. The molecule has 0 radical (unpaired) electrons. The molecule has 3 aliphatic heterocycles. The van der Waals surface area contributed by atoms with Gasteiger partial charge in [-0.1, -0.05) is 24.3 Å². The van der Waals surface area contributed by atoms with Crippen molar-refractivity contribution in [2.45, 2.75) is 56.9 Å². The number of hydrogen-bond acceptors (Lipinski definition) is 6. The summed E-state index contributed by atoms with van der Waals surface area (Å²) in [5.41, 5.74) is 15.2. The van der Waals surface area contributed by atoms with Gasteiger partial charge >= 0.3 is 0 Å². The topological polar surface area (TPSA) is 141 Å². The molecular weight excluding hydrogens is 454 g/mol. The summed E-state index contributed by atoms with van der Waals surface area (Å²) in [6, 6.07) is 13.0. The van der Waals surface area contributed by atoms with Crippen molar-refractivity contribution < 1.29 is 9.59 Å². The van der Waals surface area contributed by atoms with Gasteiger partial charge in [0, 0.05) is 35.8 Å². The van der Waals surface area contributed by atoms with Crippen LogP contribution in [0, 0.1) is 5.41 Å². The van der Waals surface area contributed by atoms with E-state index in [4.69, 9.17) is 16.9 Å². The smallest absolute Gasteiger partial charge is 0.248 e. The fourth-order valence-corrected chi connectivity index (χ4v) is 5.77. The summed E-state index contributed by atoms with van der Waals surface area (Å²) >= 11 is 0. The van der Waals surface area contributed by atoms with Crippen LogP contribution in [0.4, 0.5) is 5.69 Å². The number of nitrogens with one attached hydrogen (secondary N) is 3. The SMILES string of the molecule is N=C(N)c1ccc2c(c1)N(Cc1ccc(C(N)=O)cc1)C(C(=O)NC1CC(N3CCCC3)CCN1)C2. The third-order valence-electron chi connectivity index (χ3n) is 7.74. The number of benzene rings is 2. The van der Waals surface area contributed by atoms with Crippen LogP contribution in [0.25, 0.3) is 0 Å². The number of anilines is 1. The van der Waals surface area contributed by atoms with Gasteiger partial charge in [0.1, 0.15) is 11.9 Å². The number of carbonyl (C=O) groups is 2. The number of amides is 2. The van der Waals surface area contributed by atoms with Crippen LogP contribution in [0.3, 0.4) is 0 Å². The van der Waals surface area contributed by atoms with Gasteiger partial charge in [0.25, 0.3) is 0 Å². The molecule has 5 rings (SSSR count). The highest BCUT2D eigenvalue weighted by Crippen LogP contribution is 2.35. The summed E-state index contributed by atoms with van der Waals surface area (Å²) in [5.74, 6) is -0.483. The predicted molar refractivity (Wildman–Crippen MR) is 140 cm³/mol. The number of primary amides is 1. The molecule has 2 fully saturated rings. The molecule has 3 heterocycles. The van der Waals surface area contributed by atoms with E-state index in [9.17, 15) is 9.59 Å². The molecule has 3 atom stereocenters. The molecule has 9 heteroatoms. The number of piperidine rings is 1. The second kappa shape index (κ2) is 10.3. The Morgan fingerprint density at radius 1 is 1.06 bits per heavy atom. The highest BCUT2D eigenvalue weighted by Gasteiger charge is 2.37. The van der Waals surface area contributed by atoms with E-state index in [0.29, 0.717) is 30.1 Å². The molecule has 9 nitrogen and oxygen atoms in total. The van der Waals surface area contributed by atoms with Crippen molar-refractivity contribution in [3.63, 3.8) is 0 Å². The van der Waals surface area contributed by atoms with Crippen LogP contribution in [0.5, 0.6) is 0 Å². The highest BCUT2D eigenvalue weighted by molar-refractivity contribution is 5.97. The lowest BCUT2D eigenvalue weighted by molar-refractivity contribution is -0.123. The summed E-state index contributed by atoms with van der Waals surface area (Å²) < 4.78 is 0. The Bertz CT molecular complexity index is 1140. The molecule has 2 saturated heterocycles. The second-order valence-corrected chi connectivity index (χ2v) is 10.1. The Kier molecular flexibility index (Phi) is 6.93. The molecule has 0 saturated carbocycles. The first-order chi connectivity index (χ1) is 17.4. The number of nitrogens with zero attached hydrogens (tertiary/aromatic N) is 2. The number of likely N-dealkylation sites (tertiary alicyclic amines) is 1. The fraction of sp³-hybridized carbons (Fsp3) is 0.444. The van der Waals surface area contributed by atoms with Gasteiger partial charge in [-0.25, -0.2) is 0 Å². The van der Waals surface area contributed by atoms with Crippen LogP contribution in [-0.2, 0) is 17.8 Å². The molecule has 2 aromatic carbocycles. The number of fused-ring (bicyclic) bond motifs is 1. The molecule has 0 bridgehead atoms. The van der Waals surface area contributed by atoms with Crippen molar-refractivity contribution in [1.29, 1.82) is 5.41 Å². The van der Waals surface area contributed by atoms with Gasteiger partial charge in [0.15, 0.2) is 0 Å². The van der Waals surface area contributed by atoms with Crippen molar-refractivity contribution in [3.05, 3.63) is 64.7 Å². The van der Waals surface area contributed by atoms with E-state index in [0.717, 1.165) is 49.3 Å². The normalized spacial score (nSPS) is 23.9. The van der Waals surface area contributed by atoms with Crippen molar-refractivity contribution >= 4 is 23.3 Å². The van der Waals surface area contributed by atoms with E-state index in [2.05, 4.69) is 20.4 Å². The molecule has 3 aliphatic rings. The lowest BCUT2D eigenvalue weighted by Crippen LogP contribution is -2.57. The van der Waals surface area contributed by atoms with E-state index < -0.39 is 5.91 Å². The third-order valence-corrected chi connectivity index (χ3v) is 7.74. The summed E-state index contributed by atoms with van der Waals surface area (Å²) in [6.07, 6.45) is 5.08. The van der Waals surface area contributed by atoms with Crippen LogP contribution >= 0.6 is 0 Å². The van der Waals surface area contributed by atoms with E-state index in [1.54, 1.807) is 12.1 Å². The Labute approximate surface area is 211 Å². The minimum absolute atomic E-state index is 0.00387. The van der Waals surface area contributed by atoms with Gasteiger partial charge in [0.2, 0.25) is 11.8 Å². The summed E-state index contributed by atoms with van der Waals surface area (Å²) in [7, 11) is 0. The Balaban J connectivity index is 1.35. The van der Waals surface area contributed by atoms with Crippen molar-refractivity contribution in [3.8, 4) is 0 Å². The molecule has 36 heavy (non-hydrogen) atoms. The molecule has 190 valence electrons. The molecule has 0 aliphatic carbocycles. The van der Waals surface area contributed by atoms with Crippen LogP contribution in [-0.4, -0.2) is 60.4 Å². The van der Waals surface area contributed by atoms with Gasteiger partial charge in [-0.15, -0.1) is 0 Å². The molecule has 0 spiro atoms. The summed E-state index contributed by atoms with van der Waals surface area (Å²) in [5, 5.41) is 14.6. The number of amidine groups is 1. The number of nitrogens with two attached hydrogens (primary N) is 2. The first-order valence-corrected chi connectivity index (χ1v) is 12.8. The van der Waals surface area contributed by atoms with Crippen LogP contribution < -0.4 is 27.0 Å². The minimum atomic E-state index is -0.469.